The van der Waals surface area contributed by atoms with Gasteiger partial charge in [0.05, 0.1) is 0 Å². The highest BCUT2D eigenvalue weighted by Crippen LogP contribution is 2.38. The van der Waals surface area contributed by atoms with Crippen molar-refractivity contribution >= 4 is 0 Å². The molecule has 1 aromatic carbocycles. The Morgan fingerprint density at radius 1 is 1.24 bits per heavy atom. The lowest BCUT2D eigenvalue weighted by Crippen LogP contribution is -2.38. The molecule has 0 aromatic heterocycles. The Labute approximate surface area is 129 Å². The van der Waals surface area contributed by atoms with Crippen LogP contribution in [-0.4, -0.2) is 18.7 Å². The zero-order valence-electron chi connectivity index (χ0n) is 13.7. The molecule has 1 saturated carbocycles. The van der Waals surface area contributed by atoms with Crippen molar-refractivity contribution in [2.24, 2.45) is 5.41 Å². The normalized spacial score (nSPS) is 21.2. The van der Waals surface area contributed by atoms with Crippen molar-refractivity contribution in [3.05, 3.63) is 29.3 Å². The minimum Gasteiger partial charge on any atom is -0.490 e. The Morgan fingerprint density at radius 3 is 2.67 bits per heavy atom. The highest BCUT2D eigenvalue weighted by Gasteiger charge is 2.35. The van der Waals surface area contributed by atoms with Gasteiger partial charge in [-0.05, 0) is 56.1 Å². The van der Waals surface area contributed by atoms with Gasteiger partial charge in [0.15, 0.2) is 0 Å². The third-order valence-electron chi connectivity index (χ3n) is 5.46. The van der Waals surface area contributed by atoms with Crippen molar-refractivity contribution in [2.45, 2.75) is 71.4 Å². The van der Waals surface area contributed by atoms with Crippen LogP contribution in [0.15, 0.2) is 18.2 Å². The summed E-state index contributed by atoms with van der Waals surface area (Å²) in [4.78, 5) is 0. The molecule has 2 heteroatoms. The topological polar surface area (TPSA) is 21.3 Å². The lowest BCUT2D eigenvalue weighted by atomic mass is 9.76. The molecule has 1 aliphatic carbocycles. The molecule has 1 unspecified atom stereocenters. The predicted octanol–water partition coefficient (Wildman–Crippen LogP) is 4.25. The molecule has 2 aliphatic rings. The minimum atomic E-state index is 0.364. The summed E-state index contributed by atoms with van der Waals surface area (Å²) in [6.45, 7) is 7.99. The predicted molar refractivity (Wildman–Crippen MR) is 88.0 cm³/mol. The van der Waals surface area contributed by atoms with Crippen molar-refractivity contribution in [3.8, 4) is 5.75 Å². The third kappa shape index (κ3) is 3.42. The maximum atomic E-state index is 6.22. The quantitative estimate of drug-likeness (QED) is 0.809. The molecule has 2 nitrogen and oxygen atoms in total. The van der Waals surface area contributed by atoms with E-state index in [2.05, 4.69) is 44.3 Å². The molecular weight excluding hydrogens is 258 g/mol. The summed E-state index contributed by atoms with van der Waals surface area (Å²) in [7, 11) is 0. The average molecular weight is 287 g/mol. The molecule has 0 saturated heterocycles. The van der Waals surface area contributed by atoms with Crippen LogP contribution in [0.2, 0.25) is 0 Å². The molecule has 0 bridgehead atoms. The smallest absolute Gasteiger partial charge is 0.123 e. The molecule has 0 radical (unpaired) electrons. The zero-order valence-corrected chi connectivity index (χ0v) is 13.7. The minimum absolute atomic E-state index is 0.364. The van der Waals surface area contributed by atoms with Gasteiger partial charge < -0.3 is 10.1 Å². The first-order chi connectivity index (χ1) is 10.1. The summed E-state index contributed by atoms with van der Waals surface area (Å²) in [5, 5.41) is 3.75. The molecule has 1 N–H and O–H groups in total. The molecule has 1 heterocycles. The lowest BCUT2D eigenvalue weighted by molar-refractivity contribution is 0.122. The van der Waals surface area contributed by atoms with E-state index < -0.39 is 0 Å². The average Bonchev–Trinajstić information content (AvgIpc) is 3.23. The SMILES string of the molecule is CCC(CC)(CNC1CC1)CC1Cc2cc(C)ccc2O1. The maximum Gasteiger partial charge on any atom is 0.123 e. The molecule has 1 fully saturated rings. The van der Waals surface area contributed by atoms with E-state index in [9.17, 15) is 0 Å². The fourth-order valence-corrected chi connectivity index (χ4v) is 3.56. The lowest BCUT2D eigenvalue weighted by Gasteiger charge is -2.34. The van der Waals surface area contributed by atoms with Gasteiger partial charge in [-0.2, -0.15) is 0 Å². The van der Waals surface area contributed by atoms with Crippen LogP contribution in [0.4, 0.5) is 0 Å². The molecule has 116 valence electrons. The number of aryl methyl sites for hydroxylation is 1. The first-order valence-electron chi connectivity index (χ1n) is 8.64. The van der Waals surface area contributed by atoms with E-state index >= 15 is 0 Å². The fraction of sp³-hybridized carbons (Fsp3) is 0.684. The van der Waals surface area contributed by atoms with Crippen molar-refractivity contribution in [2.75, 3.05) is 6.54 Å². The second-order valence-corrected chi connectivity index (χ2v) is 7.12. The van der Waals surface area contributed by atoms with Crippen molar-refractivity contribution < 1.29 is 4.74 Å². The van der Waals surface area contributed by atoms with Gasteiger partial charge in [-0.3, -0.25) is 0 Å². The van der Waals surface area contributed by atoms with E-state index in [1.54, 1.807) is 0 Å². The monoisotopic (exact) mass is 287 g/mol. The van der Waals surface area contributed by atoms with Gasteiger partial charge in [0.2, 0.25) is 0 Å². The van der Waals surface area contributed by atoms with E-state index in [0.717, 1.165) is 24.8 Å². The van der Waals surface area contributed by atoms with Crippen LogP contribution in [0.25, 0.3) is 0 Å². The first-order valence-corrected chi connectivity index (χ1v) is 8.64. The molecule has 3 rings (SSSR count). The third-order valence-corrected chi connectivity index (χ3v) is 5.46. The summed E-state index contributed by atoms with van der Waals surface area (Å²) in [5.74, 6) is 1.11. The second-order valence-electron chi connectivity index (χ2n) is 7.12. The van der Waals surface area contributed by atoms with Crippen molar-refractivity contribution in [1.82, 2.24) is 5.32 Å². The Balaban J connectivity index is 1.63. The fourth-order valence-electron chi connectivity index (χ4n) is 3.56. The highest BCUT2D eigenvalue weighted by molar-refractivity contribution is 5.40. The van der Waals surface area contributed by atoms with E-state index in [1.165, 1.54) is 43.2 Å². The summed E-state index contributed by atoms with van der Waals surface area (Å²) >= 11 is 0. The Kier molecular flexibility index (Phi) is 4.26. The summed E-state index contributed by atoms with van der Waals surface area (Å²) in [6.07, 6.45) is 7.83. The van der Waals surface area contributed by atoms with Gasteiger partial charge >= 0.3 is 0 Å². The molecule has 1 atom stereocenters. The van der Waals surface area contributed by atoms with Crippen LogP contribution < -0.4 is 10.1 Å². The van der Waals surface area contributed by atoms with Gasteiger partial charge in [-0.1, -0.05) is 31.5 Å². The largest absolute Gasteiger partial charge is 0.490 e. The van der Waals surface area contributed by atoms with Gasteiger partial charge in [-0.25, -0.2) is 0 Å². The van der Waals surface area contributed by atoms with Crippen LogP contribution >= 0.6 is 0 Å². The number of ether oxygens (including phenoxy) is 1. The van der Waals surface area contributed by atoms with E-state index in [0.29, 0.717) is 11.5 Å². The van der Waals surface area contributed by atoms with Gasteiger partial charge in [-0.15, -0.1) is 0 Å². The molecular formula is C19H29NO. The number of fused-ring (bicyclic) bond motifs is 1. The van der Waals surface area contributed by atoms with E-state index in [4.69, 9.17) is 4.74 Å². The molecule has 21 heavy (non-hydrogen) atoms. The second kappa shape index (κ2) is 6.00. The molecule has 1 aromatic rings. The van der Waals surface area contributed by atoms with Crippen LogP contribution in [0, 0.1) is 12.3 Å². The van der Waals surface area contributed by atoms with Crippen molar-refractivity contribution in [3.63, 3.8) is 0 Å². The Morgan fingerprint density at radius 2 is 2.00 bits per heavy atom. The number of rotatable bonds is 7. The van der Waals surface area contributed by atoms with Gasteiger partial charge in [0, 0.05) is 19.0 Å². The standard InChI is InChI=1S/C19H29NO/c1-4-19(5-2,13-20-16-7-8-16)12-17-11-15-10-14(3)6-9-18(15)21-17/h6,9-10,16-17,20H,4-5,7-8,11-13H2,1-3H3. The van der Waals surface area contributed by atoms with Crippen LogP contribution in [-0.2, 0) is 6.42 Å². The summed E-state index contributed by atoms with van der Waals surface area (Å²) < 4.78 is 6.22. The number of hydrogen-bond donors (Lipinski definition) is 1. The number of nitrogens with one attached hydrogen (secondary N) is 1. The van der Waals surface area contributed by atoms with Gasteiger partial charge in [0.25, 0.3) is 0 Å². The Bertz CT molecular complexity index is 488. The van der Waals surface area contributed by atoms with E-state index in [-0.39, 0.29) is 0 Å². The molecule has 1 aliphatic heterocycles. The first kappa shape index (κ1) is 14.9. The summed E-state index contributed by atoms with van der Waals surface area (Å²) in [6, 6.07) is 7.39. The Hall–Kier alpha value is -1.02. The number of benzene rings is 1. The molecule has 0 amide bonds. The summed E-state index contributed by atoms with van der Waals surface area (Å²) in [5.41, 5.74) is 3.13. The van der Waals surface area contributed by atoms with Crippen LogP contribution in [0.3, 0.4) is 0 Å². The van der Waals surface area contributed by atoms with Crippen molar-refractivity contribution in [1.29, 1.82) is 0 Å². The zero-order chi connectivity index (χ0) is 14.9. The van der Waals surface area contributed by atoms with E-state index in [1.807, 2.05) is 0 Å². The highest BCUT2D eigenvalue weighted by atomic mass is 16.5. The van der Waals surface area contributed by atoms with Crippen LogP contribution in [0.1, 0.15) is 57.1 Å². The maximum absolute atomic E-state index is 6.22. The molecule has 0 spiro atoms. The van der Waals surface area contributed by atoms with Crippen LogP contribution in [0.5, 0.6) is 5.75 Å². The van der Waals surface area contributed by atoms with Gasteiger partial charge in [0.1, 0.15) is 11.9 Å². The number of hydrogen-bond acceptors (Lipinski definition) is 2.